The first kappa shape index (κ1) is 19.9. The third-order valence-electron chi connectivity index (χ3n) is 5.60. The molecule has 1 fully saturated rings. The number of benzene rings is 1. The molecule has 9 heteroatoms. The average molecular weight is 412 g/mol. The molecule has 0 aliphatic carbocycles. The van der Waals surface area contributed by atoms with Crippen molar-refractivity contribution in [2.45, 2.75) is 38.5 Å². The first-order valence-electron chi connectivity index (χ1n) is 10.0. The van der Waals surface area contributed by atoms with Crippen LogP contribution in [0.4, 0.5) is 4.79 Å². The van der Waals surface area contributed by atoms with Crippen molar-refractivity contribution < 1.29 is 19.4 Å². The first-order chi connectivity index (χ1) is 14.5. The van der Waals surface area contributed by atoms with E-state index in [1.165, 1.54) is 4.90 Å². The maximum absolute atomic E-state index is 12.8. The molecule has 1 unspecified atom stereocenters. The van der Waals surface area contributed by atoms with Gasteiger partial charge in [-0.25, -0.2) is 4.79 Å². The van der Waals surface area contributed by atoms with Gasteiger partial charge in [0.15, 0.2) is 5.69 Å². The summed E-state index contributed by atoms with van der Waals surface area (Å²) in [7, 11) is 1.63. The quantitative estimate of drug-likeness (QED) is 0.826. The van der Waals surface area contributed by atoms with Gasteiger partial charge in [-0.2, -0.15) is 4.98 Å². The summed E-state index contributed by atoms with van der Waals surface area (Å²) >= 11 is 0. The van der Waals surface area contributed by atoms with Gasteiger partial charge in [-0.05, 0) is 24.8 Å². The minimum Gasteiger partial charge on any atom is -0.501 e. The Balaban J connectivity index is 1.64. The summed E-state index contributed by atoms with van der Waals surface area (Å²) in [5.74, 6) is -0.749. The summed E-state index contributed by atoms with van der Waals surface area (Å²) in [5.41, 5.74) is -0.0398. The Morgan fingerprint density at radius 3 is 2.70 bits per heavy atom. The monoisotopic (exact) mass is 412 g/mol. The number of nitrogens with zero attached hydrogens (tertiary/aromatic N) is 4. The first-order valence-corrected chi connectivity index (χ1v) is 10.0. The van der Waals surface area contributed by atoms with E-state index in [4.69, 9.17) is 4.74 Å². The number of amides is 2. The number of hydrogen-bond acceptors (Lipinski definition) is 6. The summed E-state index contributed by atoms with van der Waals surface area (Å²) in [6.07, 6.45) is 1.49. The summed E-state index contributed by atoms with van der Waals surface area (Å²) in [4.78, 5) is 44.9. The third kappa shape index (κ3) is 3.62. The van der Waals surface area contributed by atoms with Gasteiger partial charge < -0.3 is 19.3 Å². The van der Waals surface area contributed by atoms with E-state index in [0.29, 0.717) is 38.3 Å². The van der Waals surface area contributed by atoms with E-state index in [1.807, 2.05) is 30.3 Å². The standard InChI is InChI=1S/C21H24N4O5/c1-23-10-6-12-25-16(20(23)28)17(26)19(27)22-18(25)15-9-5-11-24(15)21(29)30-13-14-7-3-2-4-8-14/h2-4,7-8,15,26H,5-6,9-13H2,1H3. The van der Waals surface area contributed by atoms with Crippen LogP contribution in [0.1, 0.15) is 47.2 Å². The van der Waals surface area contributed by atoms with Crippen LogP contribution in [0.2, 0.25) is 0 Å². The molecule has 0 radical (unpaired) electrons. The summed E-state index contributed by atoms with van der Waals surface area (Å²) in [6.45, 7) is 1.54. The molecule has 1 saturated heterocycles. The van der Waals surface area contributed by atoms with Crippen LogP contribution in [-0.4, -0.2) is 56.6 Å². The van der Waals surface area contributed by atoms with Crippen molar-refractivity contribution in [3.63, 3.8) is 0 Å². The van der Waals surface area contributed by atoms with Gasteiger partial charge in [0.25, 0.3) is 5.91 Å². The number of ether oxygens (including phenoxy) is 1. The zero-order valence-corrected chi connectivity index (χ0v) is 16.8. The van der Waals surface area contributed by atoms with Gasteiger partial charge in [-0.15, -0.1) is 0 Å². The second-order valence-electron chi connectivity index (χ2n) is 7.60. The van der Waals surface area contributed by atoms with Crippen LogP contribution >= 0.6 is 0 Å². The van der Waals surface area contributed by atoms with Gasteiger partial charge in [0.05, 0.1) is 6.04 Å². The van der Waals surface area contributed by atoms with Gasteiger partial charge in [0.2, 0.25) is 5.75 Å². The normalized spacial score (nSPS) is 18.8. The van der Waals surface area contributed by atoms with Gasteiger partial charge in [0.1, 0.15) is 12.4 Å². The number of carbonyl (C=O) groups excluding carboxylic acids is 2. The molecular formula is C21H24N4O5. The summed E-state index contributed by atoms with van der Waals surface area (Å²) in [6, 6.07) is 8.89. The molecule has 2 aromatic rings. The lowest BCUT2D eigenvalue weighted by atomic mass is 10.2. The van der Waals surface area contributed by atoms with Crippen molar-refractivity contribution in [2.24, 2.45) is 0 Å². The third-order valence-corrected chi connectivity index (χ3v) is 5.60. The Morgan fingerprint density at radius 1 is 1.17 bits per heavy atom. The molecular weight excluding hydrogens is 388 g/mol. The zero-order valence-electron chi connectivity index (χ0n) is 16.8. The van der Waals surface area contributed by atoms with E-state index < -0.39 is 29.4 Å². The van der Waals surface area contributed by atoms with E-state index in [2.05, 4.69) is 4.98 Å². The van der Waals surface area contributed by atoms with Gasteiger partial charge in [-0.3, -0.25) is 14.5 Å². The number of fused-ring (bicyclic) bond motifs is 1. The lowest BCUT2D eigenvalue weighted by molar-refractivity contribution is 0.0791. The van der Waals surface area contributed by atoms with Crippen LogP contribution in [-0.2, 0) is 17.9 Å². The topological polar surface area (TPSA) is 105 Å². The highest BCUT2D eigenvalue weighted by Gasteiger charge is 2.37. The Morgan fingerprint density at radius 2 is 1.93 bits per heavy atom. The molecule has 2 aliphatic rings. The van der Waals surface area contributed by atoms with Crippen LogP contribution in [0.3, 0.4) is 0 Å². The van der Waals surface area contributed by atoms with E-state index in [1.54, 1.807) is 16.5 Å². The highest BCUT2D eigenvalue weighted by Crippen LogP contribution is 2.33. The Kier molecular flexibility index (Phi) is 5.43. The summed E-state index contributed by atoms with van der Waals surface area (Å²) in [5, 5.41) is 10.3. The van der Waals surface area contributed by atoms with Gasteiger partial charge in [-0.1, -0.05) is 30.3 Å². The number of rotatable bonds is 3. The van der Waals surface area contributed by atoms with Crippen molar-refractivity contribution in [1.82, 2.24) is 19.4 Å². The predicted octanol–water partition coefficient (Wildman–Crippen LogP) is 1.90. The number of hydrogen-bond donors (Lipinski definition) is 1. The van der Waals surface area contributed by atoms with Crippen LogP contribution < -0.4 is 5.56 Å². The number of likely N-dealkylation sites (tertiary alicyclic amines) is 1. The molecule has 0 bridgehead atoms. The maximum atomic E-state index is 12.8. The molecule has 1 N–H and O–H groups in total. The van der Waals surface area contributed by atoms with Gasteiger partial charge in [0, 0.05) is 26.7 Å². The minimum absolute atomic E-state index is 0.0606. The molecule has 0 saturated carbocycles. The van der Waals surface area contributed by atoms with Crippen molar-refractivity contribution in [2.75, 3.05) is 20.1 Å². The Hall–Kier alpha value is -3.36. The Labute approximate surface area is 173 Å². The molecule has 0 spiro atoms. The van der Waals surface area contributed by atoms with Crippen molar-refractivity contribution in [3.8, 4) is 5.75 Å². The molecule has 30 heavy (non-hydrogen) atoms. The SMILES string of the molecule is CN1CCCn2c(C3CCCN3C(=O)OCc3ccccc3)nc(=O)c(O)c2C1=O. The second-order valence-corrected chi connectivity index (χ2v) is 7.60. The highest BCUT2D eigenvalue weighted by molar-refractivity contribution is 5.95. The van der Waals surface area contributed by atoms with E-state index in [9.17, 15) is 19.5 Å². The van der Waals surface area contributed by atoms with Crippen LogP contribution in [0.25, 0.3) is 0 Å². The van der Waals surface area contributed by atoms with E-state index in [-0.39, 0.29) is 12.3 Å². The minimum atomic E-state index is -0.857. The zero-order chi connectivity index (χ0) is 21.3. The highest BCUT2D eigenvalue weighted by atomic mass is 16.6. The van der Waals surface area contributed by atoms with Crippen molar-refractivity contribution in [1.29, 1.82) is 0 Å². The fourth-order valence-electron chi connectivity index (χ4n) is 4.06. The molecule has 1 aromatic carbocycles. The molecule has 2 aliphatic heterocycles. The molecule has 4 rings (SSSR count). The molecule has 158 valence electrons. The average Bonchev–Trinajstić information content (AvgIpc) is 3.18. The molecule has 1 aromatic heterocycles. The fraction of sp³-hybridized carbons (Fsp3) is 0.429. The van der Waals surface area contributed by atoms with E-state index in [0.717, 1.165) is 12.0 Å². The second kappa shape index (κ2) is 8.17. The number of aromatic nitrogens is 2. The lowest BCUT2D eigenvalue weighted by Crippen LogP contribution is -2.36. The van der Waals surface area contributed by atoms with Gasteiger partial charge >= 0.3 is 11.7 Å². The number of aromatic hydroxyl groups is 1. The smallest absolute Gasteiger partial charge is 0.410 e. The predicted molar refractivity (Wildman–Crippen MR) is 107 cm³/mol. The van der Waals surface area contributed by atoms with Crippen LogP contribution in [0.5, 0.6) is 5.75 Å². The molecule has 3 heterocycles. The maximum Gasteiger partial charge on any atom is 0.410 e. The largest absolute Gasteiger partial charge is 0.501 e. The van der Waals surface area contributed by atoms with E-state index >= 15 is 0 Å². The van der Waals surface area contributed by atoms with Crippen LogP contribution in [0, 0.1) is 0 Å². The molecule has 2 amide bonds. The summed E-state index contributed by atoms with van der Waals surface area (Å²) < 4.78 is 7.07. The Bertz CT molecular complexity index is 1020. The van der Waals surface area contributed by atoms with Crippen LogP contribution in [0.15, 0.2) is 35.1 Å². The lowest BCUT2D eigenvalue weighted by Gasteiger charge is -2.26. The fourth-order valence-corrected chi connectivity index (χ4v) is 4.06. The number of carbonyl (C=O) groups is 2. The molecule has 1 atom stereocenters. The molecule has 9 nitrogen and oxygen atoms in total. The van der Waals surface area contributed by atoms with Crippen molar-refractivity contribution in [3.05, 3.63) is 57.8 Å². The van der Waals surface area contributed by atoms with Crippen molar-refractivity contribution >= 4 is 12.0 Å².